The second-order valence-corrected chi connectivity index (χ2v) is 7.32. The van der Waals surface area contributed by atoms with Gasteiger partial charge in [0.1, 0.15) is 5.82 Å². The standard InChI is InChI=1S/C22H24FNO3/c1-22(2)13-16-12-20(27-5)19(26-4)11-15(16)10-18(24(22)3)21(25)14-6-8-17(23)9-7-14/h6-12H,13H2,1-5H3. The molecule has 1 heterocycles. The van der Waals surface area contributed by atoms with Crippen molar-refractivity contribution in [1.29, 1.82) is 0 Å². The van der Waals surface area contributed by atoms with E-state index in [2.05, 4.69) is 13.8 Å². The predicted molar refractivity (Wildman–Crippen MR) is 104 cm³/mol. The number of Topliss-reactive ketones (excluding diaryl/α,β-unsaturated/α-hetero) is 1. The number of rotatable bonds is 4. The Bertz CT molecular complexity index is 901. The molecule has 142 valence electrons. The number of hydrogen-bond donors (Lipinski definition) is 0. The van der Waals surface area contributed by atoms with Gasteiger partial charge < -0.3 is 14.4 Å². The van der Waals surface area contributed by atoms with Gasteiger partial charge in [0.15, 0.2) is 11.5 Å². The van der Waals surface area contributed by atoms with Crippen molar-refractivity contribution in [2.24, 2.45) is 0 Å². The Labute approximate surface area is 159 Å². The topological polar surface area (TPSA) is 38.8 Å². The minimum Gasteiger partial charge on any atom is -0.493 e. The first-order chi connectivity index (χ1) is 12.8. The highest BCUT2D eigenvalue weighted by atomic mass is 19.1. The van der Waals surface area contributed by atoms with Crippen LogP contribution in [0.15, 0.2) is 42.1 Å². The molecule has 0 bridgehead atoms. The third kappa shape index (κ3) is 3.54. The van der Waals surface area contributed by atoms with Gasteiger partial charge in [-0.1, -0.05) is 0 Å². The lowest BCUT2D eigenvalue weighted by Gasteiger charge is -2.37. The molecule has 0 N–H and O–H groups in total. The van der Waals surface area contributed by atoms with Gasteiger partial charge in [0.25, 0.3) is 0 Å². The first kappa shape index (κ1) is 19.0. The summed E-state index contributed by atoms with van der Waals surface area (Å²) in [6.45, 7) is 4.18. The van der Waals surface area contributed by atoms with Crippen LogP contribution in [-0.4, -0.2) is 37.5 Å². The second-order valence-electron chi connectivity index (χ2n) is 7.32. The number of carbonyl (C=O) groups excluding carboxylic acids is 1. The summed E-state index contributed by atoms with van der Waals surface area (Å²) in [5.41, 5.74) is 2.69. The van der Waals surface area contributed by atoms with Crippen LogP contribution >= 0.6 is 0 Å². The highest BCUT2D eigenvalue weighted by Crippen LogP contribution is 2.37. The Morgan fingerprint density at radius 2 is 1.67 bits per heavy atom. The Morgan fingerprint density at radius 1 is 1.07 bits per heavy atom. The summed E-state index contributed by atoms with van der Waals surface area (Å²) in [6.07, 6.45) is 2.60. The van der Waals surface area contributed by atoms with Crippen LogP contribution in [0, 0.1) is 5.82 Å². The van der Waals surface area contributed by atoms with Crippen molar-refractivity contribution in [2.45, 2.75) is 25.8 Å². The zero-order chi connectivity index (χ0) is 19.8. The molecule has 0 fully saturated rings. The molecule has 5 heteroatoms. The van der Waals surface area contributed by atoms with E-state index in [1.54, 1.807) is 14.2 Å². The molecule has 0 radical (unpaired) electrons. The van der Waals surface area contributed by atoms with Gasteiger partial charge in [-0.15, -0.1) is 0 Å². The van der Waals surface area contributed by atoms with Crippen LogP contribution in [-0.2, 0) is 6.42 Å². The monoisotopic (exact) mass is 369 g/mol. The van der Waals surface area contributed by atoms with Crippen molar-refractivity contribution < 1.29 is 18.7 Å². The Morgan fingerprint density at radius 3 is 2.26 bits per heavy atom. The molecule has 3 rings (SSSR count). The van der Waals surface area contributed by atoms with Crippen LogP contribution in [0.25, 0.3) is 6.08 Å². The van der Waals surface area contributed by atoms with Crippen molar-refractivity contribution in [2.75, 3.05) is 21.3 Å². The highest BCUT2D eigenvalue weighted by Gasteiger charge is 2.33. The lowest BCUT2D eigenvalue weighted by molar-refractivity contribution is 0.0958. The van der Waals surface area contributed by atoms with Crippen LogP contribution in [0.1, 0.15) is 35.3 Å². The molecule has 1 aliphatic heterocycles. The molecule has 2 aromatic carbocycles. The van der Waals surface area contributed by atoms with Crippen LogP contribution in [0.3, 0.4) is 0 Å². The molecule has 0 unspecified atom stereocenters. The first-order valence-electron chi connectivity index (χ1n) is 8.77. The zero-order valence-electron chi connectivity index (χ0n) is 16.3. The summed E-state index contributed by atoms with van der Waals surface area (Å²) in [6, 6.07) is 9.49. The van der Waals surface area contributed by atoms with Crippen molar-refractivity contribution in [1.82, 2.24) is 4.90 Å². The van der Waals surface area contributed by atoms with E-state index in [-0.39, 0.29) is 17.1 Å². The predicted octanol–water partition coefficient (Wildman–Crippen LogP) is 4.33. The van der Waals surface area contributed by atoms with E-state index in [0.717, 1.165) is 17.5 Å². The number of methoxy groups -OCH3 is 2. The van der Waals surface area contributed by atoms with E-state index in [0.29, 0.717) is 22.8 Å². The maximum atomic E-state index is 13.2. The van der Waals surface area contributed by atoms with Crippen molar-refractivity contribution in [3.8, 4) is 11.5 Å². The second kappa shape index (κ2) is 7.06. The summed E-state index contributed by atoms with van der Waals surface area (Å²) in [7, 11) is 5.11. The fourth-order valence-corrected chi connectivity index (χ4v) is 3.35. The van der Waals surface area contributed by atoms with Crippen LogP contribution in [0.4, 0.5) is 4.39 Å². The fourth-order valence-electron chi connectivity index (χ4n) is 3.35. The lowest BCUT2D eigenvalue weighted by Crippen LogP contribution is -2.43. The molecular weight excluding hydrogens is 345 g/mol. The van der Waals surface area contributed by atoms with Crippen molar-refractivity contribution >= 4 is 11.9 Å². The number of halogens is 1. The fraction of sp³-hybridized carbons (Fsp3) is 0.318. The molecule has 2 aromatic rings. The molecule has 1 aliphatic rings. The van der Waals surface area contributed by atoms with Gasteiger partial charge in [-0.05, 0) is 73.9 Å². The van der Waals surface area contributed by atoms with Gasteiger partial charge in [-0.25, -0.2) is 4.39 Å². The Kier molecular flexibility index (Phi) is 4.96. The number of carbonyl (C=O) groups is 1. The third-order valence-electron chi connectivity index (χ3n) is 5.17. The molecule has 0 aromatic heterocycles. The van der Waals surface area contributed by atoms with E-state index in [4.69, 9.17) is 9.47 Å². The number of ether oxygens (including phenoxy) is 2. The molecule has 0 aliphatic carbocycles. The molecule has 0 atom stereocenters. The Hall–Kier alpha value is -2.82. The quantitative estimate of drug-likeness (QED) is 0.752. The molecule has 0 saturated heterocycles. The average Bonchev–Trinajstić information content (AvgIpc) is 2.74. The van der Waals surface area contributed by atoms with Crippen molar-refractivity contribution in [3.05, 3.63) is 64.6 Å². The summed E-state index contributed by atoms with van der Waals surface area (Å²) >= 11 is 0. The van der Waals surface area contributed by atoms with E-state index in [1.165, 1.54) is 24.3 Å². The third-order valence-corrected chi connectivity index (χ3v) is 5.17. The van der Waals surface area contributed by atoms with Crippen LogP contribution in [0.2, 0.25) is 0 Å². The van der Waals surface area contributed by atoms with Gasteiger partial charge in [0.05, 0.1) is 19.9 Å². The summed E-state index contributed by atoms with van der Waals surface area (Å²) in [5.74, 6) is 0.769. The minimum atomic E-state index is -0.364. The maximum Gasteiger partial charge on any atom is 0.209 e. The van der Waals surface area contributed by atoms with Crippen molar-refractivity contribution in [3.63, 3.8) is 0 Å². The number of allylic oxidation sites excluding steroid dienone is 1. The minimum absolute atomic E-state index is 0.145. The van der Waals surface area contributed by atoms with Gasteiger partial charge in [0.2, 0.25) is 5.78 Å². The van der Waals surface area contributed by atoms with Crippen LogP contribution < -0.4 is 9.47 Å². The number of fused-ring (bicyclic) bond motifs is 1. The summed E-state index contributed by atoms with van der Waals surface area (Å²) in [4.78, 5) is 15.1. The Balaban J connectivity index is 2.15. The molecule has 27 heavy (non-hydrogen) atoms. The van der Waals surface area contributed by atoms with Crippen LogP contribution in [0.5, 0.6) is 11.5 Å². The number of ketones is 1. The molecular formula is C22H24FNO3. The number of hydrogen-bond acceptors (Lipinski definition) is 4. The first-order valence-corrected chi connectivity index (χ1v) is 8.77. The SMILES string of the molecule is COc1cc2c(cc1OC)CC(C)(C)N(C)C(C(=O)c1ccc(F)cc1)=C2. The number of benzene rings is 2. The van der Waals surface area contributed by atoms with Gasteiger partial charge in [0, 0.05) is 18.2 Å². The average molecular weight is 369 g/mol. The van der Waals surface area contributed by atoms with E-state index in [9.17, 15) is 9.18 Å². The van der Waals surface area contributed by atoms with E-state index < -0.39 is 0 Å². The molecule has 0 spiro atoms. The molecule has 0 saturated carbocycles. The summed E-state index contributed by atoms with van der Waals surface area (Å²) < 4.78 is 24.1. The lowest BCUT2D eigenvalue weighted by atomic mass is 9.92. The van der Waals surface area contributed by atoms with Gasteiger partial charge in [-0.2, -0.15) is 0 Å². The van der Waals surface area contributed by atoms with Gasteiger partial charge in [-0.3, -0.25) is 4.79 Å². The summed E-state index contributed by atoms with van der Waals surface area (Å²) in [5, 5.41) is 0. The highest BCUT2D eigenvalue weighted by molar-refractivity contribution is 6.11. The number of likely N-dealkylation sites (N-methyl/N-ethyl adjacent to an activating group) is 1. The zero-order valence-corrected chi connectivity index (χ0v) is 16.3. The van der Waals surface area contributed by atoms with E-state index in [1.807, 2.05) is 30.2 Å². The molecule has 4 nitrogen and oxygen atoms in total. The number of nitrogens with zero attached hydrogens (tertiary/aromatic N) is 1. The van der Waals surface area contributed by atoms with E-state index >= 15 is 0 Å². The molecule has 0 amide bonds. The van der Waals surface area contributed by atoms with Gasteiger partial charge >= 0.3 is 0 Å². The largest absolute Gasteiger partial charge is 0.493 e. The normalized spacial score (nSPS) is 15.5. The smallest absolute Gasteiger partial charge is 0.209 e. The maximum absolute atomic E-state index is 13.2.